The molecule has 1 aromatic heterocycles. The SMILES string of the molecule is COc1cccc(C(NC(=O)c2ccc(Cl)cc2)c2nccn2C)c1. The molecule has 5 nitrogen and oxygen atoms in total. The van der Waals surface area contributed by atoms with E-state index in [0.717, 1.165) is 17.1 Å². The van der Waals surface area contributed by atoms with Crippen LogP contribution >= 0.6 is 11.6 Å². The van der Waals surface area contributed by atoms with Gasteiger partial charge in [0.1, 0.15) is 17.6 Å². The summed E-state index contributed by atoms with van der Waals surface area (Å²) in [6, 6.07) is 13.9. The van der Waals surface area contributed by atoms with Crippen molar-refractivity contribution >= 4 is 17.5 Å². The third kappa shape index (κ3) is 3.83. The van der Waals surface area contributed by atoms with E-state index in [1.165, 1.54) is 0 Å². The summed E-state index contributed by atoms with van der Waals surface area (Å²) in [4.78, 5) is 17.1. The molecule has 1 N–H and O–H groups in total. The van der Waals surface area contributed by atoms with E-state index in [9.17, 15) is 4.79 Å². The van der Waals surface area contributed by atoms with E-state index in [4.69, 9.17) is 16.3 Å². The second-order valence-electron chi connectivity index (χ2n) is 5.59. The standard InChI is InChI=1S/C19H18ClN3O2/c1-23-11-10-21-18(23)17(14-4-3-5-16(12-14)25-2)22-19(24)13-6-8-15(20)9-7-13/h3-12,17H,1-2H3,(H,22,24). The molecule has 3 aromatic rings. The number of benzene rings is 2. The highest BCUT2D eigenvalue weighted by molar-refractivity contribution is 6.30. The lowest BCUT2D eigenvalue weighted by Crippen LogP contribution is -2.31. The van der Waals surface area contributed by atoms with Crippen molar-refractivity contribution in [3.63, 3.8) is 0 Å². The fourth-order valence-corrected chi connectivity index (χ4v) is 2.72. The maximum absolute atomic E-state index is 12.7. The third-order valence-corrected chi connectivity index (χ3v) is 4.18. The molecule has 0 spiro atoms. The first kappa shape index (κ1) is 17.0. The number of aromatic nitrogens is 2. The maximum Gasteiger partial charge on any atom is 0.252 e. The van der Waals surface area contributed by atoms with E-state index >= 15 is 0 Å². The average Bonchev–Trinajstić information content (AvgIpc) is 3.06. The number of hydrogen-bond donors (Lipinski definition) is 1. The van der Waals surface area contributed by atoms with Crippen LogP contribution in [-0.4, -0.2) is 22.6 Å². The summed E-state index contributed by atoms with van der Waals surface area (Å²) in [5.41, 5.74) is 1.42. The molecule has 0 bridgehead atoms. The molecule has 6 heteroatoms. The van der Waals surface area contributed by atoms with Crippen molar-refractivity contribution < 1.29 is 9.53 Å². The molecule has 2 aromatic carbocycles. The number of halogens is 1. The minimum Gasteiger partial charge on any atom is -0.497 e. The van der Waals surface area contributed by atoms with Crippen molar-refractivity contribution in [1.29, 1.82) is 0 Å². The fourth-order valence-electron chi connectivity index (χ4n) is 2.59. The summed E-state index contributed by atoms with van der Waals surface area (Å²) in [7, 11) is 3.51. The number of carbonyl (C=O) groups is 1. The molecule has 0 saturated heterocycles. The highest BCUT2D eigenvalue weighted by atomic mass is 35.5. The molecular formula is C19H18ClN3O2. The predicted octanol–water partition coefficient (Wildman–Crippen LogP) is 3.60. The van der Waals surface area contributed by atoms with E-state index in [-0.39, 0.29) is 5.91 Å². The molecule has 0 aliphatic rings. The number of ether oxygens (including phenoxy) is 1. The fraction of sp³-hybridized carbons (Fsp3) is 0.158. The highest BCUT2D eigenvalue weighted by Crippen LogP contribution is 2.24. The van der Waals surface area contributed by atoms with Gasteiger partial charge in [-0.25, -0.2) is 4.98 Å². The minimum atomic E-state index is -0.404. The Morgan fingerprint density at radius 2 is 2.00 bits per heavy atom. The summed E-state index contributed by atoms with van der Waals surface area (Å²) in [6.45, 7) is 0. The molecule has 25 heavy (non-hydrogen) atoms. The number of rotatable bonds is 5. The summed E-state index contributed by atoms with van der Waals surface area (Å²) in [6.07, 6.45) is 3.55. The highest BCUT2D eigenvalue weighted by Gasteiger charge is 2.22. The van der Waals surface area contributed by atoms with Crippen LogP contribution in [0.25, 0.3) is 0 Å². The Kier molecular flexibility index (Phi) is 5.05. The van der Waals surface area contributed by atoms with Crippen molar-refractivity contribution in [3.8, 4) is 5.75 Å². The van der Waals surface area contributed by atoms with Crippen LogP contribution in [0.3, 0.4) is 0 Å². The van der Waals surface area contributed by atoms with Gasteiger partial charge in [0.25, 0.3) is 5.91 Å². The second kappa shape index (κ2) is 7.40. The van der Waals surface area contributed by atoms with E-state index in [1.54, 1.807) is 37.6 Å². The lowest BCUT2D eigenvalue weighted by Gasteiger charge is -2.20. The molecule has 0 fully saturated rings. The van der Waals surface area contributed by atoms with Crippen LogP contribution in [-0.2, 0) is 7.05 Å². The number of nitrogens with one attached hydrogen (secondary N) is 1. The van der Waals surface area contributed by atoms with Crippen LogP contribution < -0.4 is 10.1 Å². The zero-order chi connectivity index (χ0) is 17.8. The summed E-state index contributed by atoms with van der Waals surface area (Å²) in [5, 5.41) is 3.63. The van der Waals surface area contributed by atoms with Gasteiger partial charge in [-0.2, -0.15) is 0 Å². The van der Waals surface area contributed by atoms with Gasteiger partial charge in [0.15, 0.2) is 0 Å². The van der Waals surface area contributed by atoms with Gasteiger partial charge < -0.3 is 14.6 Å². The number of carbonyl (C=O) groups excluding carboxylic acids is 1. The monoisotopic (exact) mass is 355 g/mol. The number of hydrogen-bond acceptors (Lipinski definition) is 3. The van der Waals surface area contributed by atoms with Crippen molar-refractivity contribution in [2.75, 3.05) is 7.11 Å². The van der Waals surface area contributed by atoms with Crippen LogP contribution in [0.5, 0.6) is 5.75 Å². The van der Waals surface area contributed by atoms with Crippen molar-refractivity contribution in [3.05, 3.63) is 82.9 Å². The van der Waals surface area contributed by atoms with Crippen molar-refractivity contribution in [2.45, 2.75) is 6.04 Å². The number of imidazole rings is 1. The number of methoxy groups -OCH3 is 1. The Balaban J connectivity index is 1.95. The van der Waals surface area contributed by atoms with Gasteiger partial charge in [-0.05, 0) is 42.0 Å². The molecule has 0 aliphatic heterocycles. The summed E-state index contributed by atoms with van der Waals surface area (Å²) >= 11 is 5.89. The molecule has 0 radical (unpaired) electrons. The molecule has 1 amide bonds. The predicted molar refractivity (Wildman–Crippen MR) is 97.0 cm³/mol. The van der Waals surface area contributed by atoms with E-state index in [1.807, 2.05) is 42.1 Å². The van der Waals surface area contributed by atoms with Crippen LogP contribution in [0.15, 0.2) is 60.9 Å². The molecule has 0 saturated carbocycles. The second-order valence-corrected chi connectivity index (χ2v) is 6.02. The van der Waals surface area contributed by atoms with Gasteiger partial charge in [-0.1, -0.05) is 23.7 Å². The first-order valence-electron chi connectivity index (χ1n) is 7.76. The van der Waals surface area contributed by atoms with Gasteiger partial charge in [-0.15, -0.1) is 0 Å². The van der Waals surface area contributed by atoms with Crippen LogP contribution in [0.2, 0.25) is 5.02 Å². The molecule has 1 unspecified atom stereocenters. The first-order chi connectivity index (χ1) is 12.1. The topological polar surface area (TPSA) is 56.1 Å². The summed E-state index contributed by atoms with van der Waals surface area (Å²) in [5.74, 6) is 1.25. The number of amides is 1. The Bertz CT molecular complexity index is 874. The van der Waals surface area contributed by atoms with E-state index in [0.29, 0.717) is 10.6 Å². The van der Waals surface area contributed by atoms with E-state index in [2.05, 4.69) is 10.3 Å². The summed E-state index contributed by atoms with van der Waals surface area (Å²) < 4.78 is 7.18. The molecule has 3 rings (SSSR count). The van der Waals surface area contributed by atoms with Gasteiger partial charge >= 0.3 is 0 Å². The average molecular weight is 356 g/mol. The smallest absolute Gasteiger partial charge is 0.252 e. The Morgan fingerprint density at radius 3 is 2.64 bits per heavy atom. The van der Waals surface area contributed by atoms with Gasteiger partial charge in [-0.3, -0.25) is 4.79 Å². The Hall–Kier alpha value is -2.79. The first-order valence-corrected chi connectivity index (χ1v) is 8.14. The van der Waals surface area contributed by atoms with Crippen LogP contribution in [0.1, 0.15) is 27.8 Å². The minimum absolute atomic E-state index is 0.201. The van der Waals surface area contributed by atoms with Gasteiger partial charge in [0.2, 0.25) is 0 Å². The quantitative estimate of drug-likeness (QED) is 0.760. The largest absolute Gasteiger partial charge is 0.497 e. The van der Waals surface area contributed by atoms with Crippen molar-refractivity contribution in [1.82, 2.24) is 14.9 Å². The Morgan fingerprint density at radius 1 is 1.24 bits per heavy atom. The maximum atomic E-state index is 12.7. The Labute approximate surface area is 151 Å². The van der Waals surface area contributed by atoms with Crippen molar-refractivity contribution in [2.24, 2.45) is 7.05 Å². The van der Waals surface area contributed by atoms with Gasteiger partial charge in [0.05, 0.1) is 7.11 Å². The van der Waals surface area contributed by atoms with Crippen LogP contribution in [0.4, 0.5) is 0 Å². The van der Waals surface area contributed by atoms with Gasteiger partial charge in [0, 0.05) is 30.0 Å². The molecule has 128 valence electrons. The molecule has 1 heterocycles. The number of nitrogens with zero attached hydrogens (tertiary/aromatic N) is 2. The lowest BCUT2D eigenvalue weighted by atomic mass is 10.0. The lowest BCUT2D eigenvalue weighted by molar-refractivity contribution is 0.0941. The van der Waals surface area contributed by atoms with Crippen LogP contribution in [0, 0.1) is 0 Å². The molecule has 1 atom stereocenters. The normalized spacial score (nSPS) is 11.8. The third-order valence-electron chi connectivity index (χ3n) is 3.93. The zero-order valence-corrected chi connectivity index (χ0v) is 14.7. The molecule has 0 aliphatic carbocycles. The van der Waals surface area contributed by atoms with E-state index < -0.39 is 6.04 Å². The number of aryl methyl sites for hydroxylation is 1. The zero-order valence-electron chi connectivity index (χ0n) is 13.9. The molecular weight excluding hydrogens is 338 g/mol.